The van der Waals surface area contributed by atoms with Gasteiger partial charge in [0.1, 0.15) is 0 Å². The Kier molecular flexibility index (Phi) is 4.87. The standard InChI is InChI=1S/C15H19N3OS/c1-10-5-4-6-12(7-10)8-14(19)18-15-17-13(9-20-15)11(2)16-3/h4-7,9,11,16H,8H2,1-3H3,(H,17,18,19). The maximum atomic E-state index is 12.0. The molecule has 2 rings (SSSR count). The van der Waals surface area contributed by atoms with Crippen LogP contribution in [0.5, 0.6) is 0 Å². The molecule has 0 fully saturated rings. The number of carbonyl (C=O) groups is 1. The van der Waals surface area contributed by atoms with E-state index in [1.165, 1.54) is 11.3 Å². The molecule has 2 aromatic rings. The van der Waals surface area contributed by atoms with Crippen molar-refractivity contribution in [1.29, 1.82) is 0 Å². The van der Waals surface area contributed by atoms with Crippen molar-refractivity contribution in [1.82, 2.24) is 10.3 Å². The van der Waals surface area contributed by atoms with E-state index in [1.807, 2.05) is 50.5 Å². The largest absolute Gasteiger partial charge is 0.312 e. The summed E-state index contributed by atoms with van der Waals surface area (Å²) >= 11 is 1.45. The zero-order valence-electron chi connectivity index (χ0n) is 11.9. The Morgan fingerprint density at radius 1 is 1.45 bits per heavy atom. The highest BCUT2D eigenvalue weighted by Gasteiger charge is 2.10. The summed E-state index contributed by atoms with van der Waals surface area (Å²) in [7, 11) is 1.89. The number of carbonyl (C=O) groups excluding carboxylic acids is 1. The number of aromatic nitrogens is 1. The van der Waals surface area contributed by atoms with E-state index in [9.17, 15) is 4.79 Å². The lowest BCUT2D eigenvalue weighted by atomic mass is 10.1. The van der Waals surface area contributed by atoms with Gasteiger partial charge in [0.15, 0.2) is 5.13 Å². The Morgan fingerprint density at radius 3 is 2.95 bits per heavy atom. The minimum Gasteiger partial charge on any atom is -0.312 e. The van der Waals surface area contributed by atoms with Crippen LogP contribution < -0.4 is 10.6 Å². The molecule has 1 unspecified atom stereocenters. The van der Waals surface area contributed by atoms with Crippen molar-refractivity contribution < 1.29 is 4.79 Å². The first-order valence-electron chi connectivity index (χ1n) is 6.56. The van der Waals surface area contributed by atoms with Crippen LogP contribution in [-0.2, 0) is 11.2 Å². The van der Waals surface area contributed by atoms with Gasteiger partial charge in [-0.05, 0) is 26.5 Å². The lowest BCUT2D eigenvalue weighted by Crippen LogP contribution is -2.15. The van der Waals surface area contributed by atoms with Crippen molar-refractivity contribution >= 4 is 22.4 Å². The number of anilines is 1. The number of rotatable bonds is 5. The molecule has 1 amide bonds. The van der Waals surface area contributed by atoms with Crippen LogP contribution in [0, 0.1) is 6.92 Å². The molecular formula is C15H19N3OS. The Morgan fingerprint density at radius 2 is 2.25 bits per heavy atom. The molecule has 4 nitrogen and oxygen atoms in total. The van der Waals surface area contributed by atoms with Gasteiger partial charge in [0.2, 0.25) is 5.91 Å². The highest BCUT2D eigenvalue weighted by Crippen LogP contribution is 2.20. The van der Waals surface area contributed by atoms with E-state index in [0.29, 0.717) is 11.6 Å². The normalized spacial score (nSPS) is 12.2. The quantitative estimate of drug-likeness (QED) is 0.890. The first-order valence-corrected chi connectivity index (χ1v) is 7.44. The van der Waals surface area contributed by atoms with Gasteiger partial charge in [0.05, 0.1) is 12.1 Å². The Hall–Kier alpha value is -1.72. The summed E-state index contributed by atoms with van der Waals surface area (Å²) in [6.07, 6.45) is 0.373. The number of nitrogens with one attached hydrogen (secondary N) is 2. The van der Waals surface area contributed by atoms with Gasteiger partial charge in [-0.2, -0.15) is 0 Å². The minimum atomic E-state index is -0.0337. The first kappa shape index (κ1) is 14.7. The topological polar surface area (TPSA) is 54.0 Å². The molecule has 1 heterocycles. The molecule has 1 aromatic carbocycles. The number of aryl methyl sites for hydroxylation is 1. The summed E-state index contributed by atoms with van der Waals surface area (Å²) in [6.45, 7) is 4.06. The number of benzene rings is 1. The van der Waals surface area contributed by atoms with Gasteiger partial charge in [-0.25, -0.2) is 4.98 Å². The van der Waals surface area contributed by atoms with Crippen LogP contribution in [0.1, 0.15) is 29.8 Å². The fourth-order valence-corrected chi connectivity index (χ4v) is 2.68. The smallest absolute Gasteiger partial charge is 0.230 e. The first-order chi connectivity index (χ1) is 9.58. The number of amides is 1. The van der Waals surface area contributed by atoms with E-state index in [4.69, 9.17) is 0 Å². The zero-order valence-corrected chi connectivity index (χ0v) is 12.8. The van der Waals surface area contributed by atoms with Gasteiger partial charge in [0.25, 0.3) is 0 Å². The molecule has 0 radical (unpaired) electrons. The second-order valence-corrected chi connectivity index (χ2v) is 5.66. The number of hydrogen-bond donors (Lipinski definition) is 2. The molecule has 0 aliphatic carbocycles. The fraction of sp³-hybridized carbons (Fsp3) is 0.333. The van der Waals surface area contributed by atoms with E-state index in [2.05, 4.69) is 15.6 Å². The lowest BCUT2D eigenvalue weighted by Gasteiger charge is -2.05. The van der Waals surface area contributed by atoms with E-state index >= 15 is 0 Å². The molecule has 0 aliphatic rings. The van der Waals surface area contributed by atoms with Crippen LogP contribution in [0.3, 0.4) is 0 Å². The van der Waals surface area contributed by atoms with Gasteiger partial charge < -0.3 is 10.6 Å². The Balaban J connectivity index is 1.96. The third kappa shape index (κ3) is 3.88. The Labute approximate surface area is 123 Å². The molecule has 2 N–H and O–H groups in total. The van der Waals surface area contributed by atoms with Crippen LogP contribution in [0.2, 0.25) is 0 Å². The van der Waals surface area contributed by atoms with Gasteiger partial charge in [-0.1, -0.05) is 29.8 Å². The SMILES string of the molecule is CNC(C)c1csc(NC(=O)Cc2cccc(C)c2)n1. The van der Waals surface area contributed by atoms with Gasteiger partial charge in [-0.15, -0.1) is 11.3 Å². The lowest BCUT2D eigenvalue weighted by molar-refractivity contribution is -0.115. The van der Waals surface area contributed by atoms with Crippen LogP contribution in [-0.4, -0.2) is 17.9 Å². The highest BCUT2D eigenvalue weighted by molar-refractivity contribution is 7.13. The molecule has 106 valence electrons. The highest BCUT2D eigenvalue weighted by atomic mass is 32.1. The monoisotopic (exact) mass is 289 g/mol. The molecule has 0 saturated heterocycles. The van der Waals surface area contributed by atoms with Crippen LogP contribution in [0.15, 0.2) is 29.6 Å². The van der Waals surface area contributed by atoms with Gasteiger partial charge in [0, 0.05) is 11.4 Å². The summed E-state index contributed by atoms with van der Waals surface area (Å²) in [5.41, 5.74) is 3.13. The maximum absolute atomic E-state index is 12.0. The van der Waals surface area contributed by atoms with E-state index in [0.717, 1.165) is 16.8 Å². The average molecular weight is 289 g/mol. The van der Waals surface area contributed by atoms with Crippen LogP contribution in [0.4, 0.5) is 5.13 Å². The molecule has 0 spiro atoms. The van der Waals surface area contributed by atoms with E-state index in [-0.39, 0.29) is 11.9 Å². The van der Waals surface area contributed by atoms with Gasteiger partial charge >= 0.3 is 0 Å². The van der Waals surface area contributed by atoms with Crippen molar-refractivity contribution in [2.24, 2.45) is 0 Å². The molecule has 1 aromatic heterocycles. The molecule has 20 heavy (non-hydrogen) atoms. The van der Waals surface area contributed by atoms with Crippen molar-refractivity contribution in [2.45, 2.75) is 26.3 Å². The number of nitrogens with zero attached hydrogens (tertiary/aromatic N) is 1. The number of thiazole rings is 1. The predicted molar refractivity (Wildman–Crippen MR) is 83.1 cm³/mol. The average Bonchev–Trinajstić information content (AvgIpc) is 2.86. The molecular weight excluding hydrogens is 270 g/mol. The molecule has 5 heteroatoms. The third-order valence-corrected chi connectivity index (χ3v) is 3.87. The van der Waals surface area contributed by atoms with Crippen molar-refractivity contribution in [3.63, 3.8) is 0 Å². The van der Waals surface area contributed by atoms with Crippen molar-refractivity contribution in [2.75, 3.05) is 12.4 Å². The molecule has 0 aliphatic heterocycles. The number of hydrogen-bond acceptors (Lipinski definition) is 4. The maximum Gasteiger partial charge on any atom is 0.230 e. The molecule has 0 saturated carbocycles. The molecule has 1 atom stereocenters. The molecule has 0 bridgehead atoms. The van der Waals surface area contributed by atoms with Crippen LogP contribution in [0.25, 0.3) is 0 Å². The Bertz CT molecular complexity index is 594. The summed E-state index contributed by atoms with van der Waals surface area (Å²) in [6, 6.07) is 8.16. The summed E-state index contributed by atoms with van der Waals surface area (Å²) in [5, 5.41) is 8.59. The summed E-state index contributed by atoms with van der Waals surface area (Å²) < 4.78 is 0. The van der Waals surface area contributed by atoms with Crippen molar-refractivity contribution in [3.05, 3.63) is 46.5 Å². The second-order valence-electron chi connectivity index (χ2n) is 4.80. The third-order valence-electron chi connectivity index (χ3n) is 3.09. The minimum absolute atomic E-state index is 0.0337. The van der Waals surface area contributed by atoms with E-state index in [1.54, 1.807) is 0 Å². The predicted octanol–water partition coefficient (Wildman–Crippen LogP) is 2.91. The second kappa shape index (κ2) is 6.63. The van der Waals surface area contributed by atoms with E-state index < -0.39 is 0 Å². The van der Waals surface area contributed by atoms with Crippen molar-refractivity contribution in [3.8, 4) is 0 Å². The summed E-state index contributed by atoms with van der Waals surface area (Å²) in [5.74, 6) is -0.0337. The van der Waals surface area contributed by atoms with Gasteiger partial charge in [-0.3, -0.25) is 4.79 Å². The van der Waals surface area contributed by atoms with Crippen LogP contribution >= 0.6 is 11.3 Å². The fourth-order valence-electron chi connectivity index (χ4n) is 1.86. The summed E-state index contributed by atoms with van der Waals surface area (Å²) in [4.78, 5) is 16.4. The zero-order chi connectivity index (χ0) is 14.5.